The van der Waals surface area contributed by atoms with Gasteiger partial charge in [-0.15, -0.1) is 0 Å². The summed E-state index contributed by atoms with van der Waals surface area (Å²) in [5.41, 5.74) is 0.531. The van der Waals surface area contributed by atoms with Gasteiger partial charge < -0.3 is 14.8 Å². The maximum absolute atomic E-state index is 11.8. The predicted octanol–water partition coefficient (Wildman–Crippen LogP) is 2.93. The van der Waals surface area contributed by atoms with Crippen molar-refractivity contribution < 1.29 is 19.1 Å². The lowest BCUT2D eigenvalue weighted by atomic mass is 10.0. The summed E-state index contributed by atoms with van der Waals surface area (Å²) in [7, 11) is 3.06. The second-order valence-electron chi connectivity index (χ2n) is 5.43. The number of anilines is 1. The Balaban J connectivity index is 1.87. The summed E-state index contributed by atoms with van der Waals surface area (Å²) in [6.07, 6.45) is 4.92. The molecule has 0 heterocycles. The van der Waals surface area contributed by atoms with Gasteiger partial charge in [-0.1, -0.05) is 12.8 Å². The summed E-state index contributed by atoms with van der Waals surface area (Å²) in [6.45, 7) is 0. The second kappa shape index (κ2) is 7.68. The highest BCUT2D eigenvalue weighted by molar-refractivity contribution is 6.01. The molecule has 0 radical (unpaired) electrons. The third-order valence-electron chi connectivity index (χ3n) is 3.84. The molecule has 1 aromatic rings. The number of carbonyl (C=O) groups is 2. The number of nitrogens with one attached hydrogen (secondary N) is 2. The van der Waals surface area contributed by atoms with Crippen LogP contribution in [-0.2, 0) is 4.79 Å². The van der Waals surface area contributed by atoms with Gasteiger partial charge in [-0.05, 0) is 30.9 Å². The number of imide groups is 1. The molecule has 0 saturated heterocycles. The van der Waals surface area contributed by atoms with Crippen molar-refractivity contribution >= 4 is 17.6 Å². The number of hydrogen-bond acceptors (Lipinski definition) is 4. The molecule has 0 unspecified atom stereocenters. The Bertz CT molecular complexity index is 539. The maximum Gasteiger partial charge on any atom is 0.325 e. The Labute approximate surface area is 130 Å². The molecular formula is C16H22N2O4. The highest BCUT2D eigenvalue weighted by Crippen LogP contribution is 2.30. The van der Waals surface area contributed by atoms with Gasteiger partial charge in [0.15, 0.2) is 11.5 Å². The minimum atomic E-state index is -0.532. The Morgan fingerprint density at radius 3 is 2.45 bits per heavy atom. The summed E-state index contributed by atoms with van der Waals surface area (Å²) in [4.78, 5) is 23.6. The van der Waals surface area contributed by atoms with Crippen LogP contribution in [0.3, 0.4) is 0 Å². The average molecular weight is 306 g/mol. The number of hydrogen-bond donors (Lipinski definition) is 2. The predicted molar refractivity (Wildman–Crippen MR) is 83.3 cm³/mol. The molecule has 1 fully saturated rings. The molecule has 0 atom stereocenters. The van der Waals surface area contributed by atoms with Crippen LogP contribution in [0.15, 0.2) is 18.2 Å². The fourth-order valence-electron chi connectivity index (χ4n) is 2.73. The lowest BCUT2D eigenvalue weighted by molar-refractivity contribution is -0.120. The zero-order valence-electron chi connectivity index (χ0n) is 13.0. The molecule has 22 heavy (non-hydrogen) atoms. The standard InChI is InChI=1S/C16H22N2O4/c1-21-13-8-7-12(10-14(13)22-2)17-16(20)18-15(19)9-11-5-3-4-6-11/h7-8,10-11H,3-6,9H2,1-2H3,(H2,17,18,19,20). The molecule has 2 N–H and O–H groups in total. The van der Waals surface area contributed by atoms with Gasteiger partial charge >= 0.3 is 6.03 Å². The summed E-state index contributed by atoms with van der Waals surface area (Å²) >= 11 is 0. The third-order valence-corrected chi connectivity index (χ3v) is 3.84. The van der Waals surface area contributed by atoms with Crippen molar-refractivity contribution in [3.8, 4) is 11.5 Å². The van der Waals surface area contributed by atoms with Crippen molar-refractivity contribution in [2.24, 2.45) is 5.92 Å². The number of carbonyl (C=O) groups excluding carboxylic acids is 2. The van der Waals surface area contributed by atoms with E-state index in [1.54, 1.807) is 25.3 Å². The highest BCUT2D eigenvalue weighted by atomic mass is 16.5. The molecule has 6 nitrogen and oxygen atoms in total. The van der Waals surface area contributed by atoms with Gasteiger partial charge in [-0.25, -0.2) is 4.79 Å². The molecule has 0 bridgehead atoms. The largest absolute Gasteiger partial charge is 0.493 e. The first-order valence-corrected chi connectivity index (χ1v) is 7.45. The van der Waals surface area contributed by atoms with E-state index in [0.29, 0.717) is 29.5 Å². The van der Waals surface area contributed by atoms with Crippen LogP contribution in [0, 0.1) is 5.92 Å². The van der Waals surface area contributed by atoms with Crippen molar-refractivity contribution in [1.29, 1.82) is 0 Å². The van der Waals surface area contributed by atoms with E-state index in [1.807, 2.05) is 0 Å². The maximum atomic E-state index is 11.8. The second-order valence-corrected chi connectivity index (χ2v) is 5.43. The number of amides is 3. The fraction of sp³-hybridized carbons (Fsp3) is 0.500. The van der Waals surface area contributed by atoms with Crippen molar-refractivity contribution in [2.45, 2.75) is 32.1 Å². The molecule has 6 heteroatoms. The van der Waals surface area contributed by atoms with E-state index < -0.39 is 6.03 Å². The van der Waals surface area contributed by atoms with E-state index >= 15 is 0 Å². The van der Waals surface area contributed by atoms with Crippen LogP contribution >= 0.6 is 0 Å². The number of benzene rings is 1. The van der Waals surface area contributed by atoms with Crippen LogP contribution in [0.25, 0.3) is 0 Å². The zero-order chi connectivity index (χ0) is 15.9. The third kappa shape index (κ3) is 4.38. The summed E-state index contributed by atoms with van der Waals surface area (Å²) < 4.78 is 10.3. The van der Waals surface area contributed by atoms with Crippen molar-refractivity contribution in [3.05, 3.63) is 18.2 Å². The number of methoxy groups -OCH3 is 2. The molecule has 0 spiro atoms. The Kier molecular flexibility index (Phi) is 5.63. The smallest absolute Gasteiger partial charge is 0.325 e. The zero-order valence-corrected chi connectivity index (χ0v) is 13.0. The van der Waals surface area contributed by atoms with Crippen LogP contribution in [-0.4, -0.2) is 26.2 Å². The van der Waals surface area contributed by atoms with Crippen LogP contribution in [0.2, 0.25) is 0 Å². The van der Waals surface area contributed by atoms with Crippen molar-refractivity contribution in [2.75, 3.05) is 19.5 Å². The molecule has 2 rings (SSSR count). The number of urea groups is 1. The topological polar surface area (TPSA) is 76.7 Å². The van der Waals surface area contributed by atoms with E-state index in [-0.39, 0.29) is 5.91 Å². The summed E-state index contributed by atoms with van der Waals surface area (Å²) in [6, 6.07) is 4.48. The SMILES string of the molecule is COc1ccc(NC(=O)NC(=O)CC2CCCC2)cc1OC. The monoisotopic (exact) mass is 306 g/mol. The van der Waals surface area contributed by atoms with Gasteiger partial charge in [0.1, 0.15) is 0 Å². The molecule has 1 aliphatic carbocycles. The van der Waals surface area contributed by atoms with Crippen molar-refractivity contribution in [3.63, 3.8) is 0 Å². The van der Waals surface area contributed by atoms with Crippen molar-refractivity contribution in [1.82, 2.24) is 5.32 Å². The Hall–Kier alpha value is -2.24. The molecular weight excluding hydrogens is 284 g/mol. The van der Waals surface area contributed by atoms with Crippen LogP contribution < -0.4 is 20.1 Å². The highest BCUT2D eigenvalue weighted by Gasteiger charge is 2.19. The van der Waals surface area contributed by atoms with Gasteiger partial charge in [0.2, 0.25) is 5.91 Å². The average Bonchev–Trinajstić information content (AvgIpc) is 2.99. The minimum absolute atomic E-state index is 0.232. The molecule has 1 saturated carbocycles. The fourth-order valence-corrected chi connectivity index (χ4v) is 2.73. The molecule has 0 aliphatic heterocycles. The van der Waals surface area contributed by atoms with Gasteiger partial charge in [-0.3, -0.25) is 10.1 Å². The van der Waals surface area contributed by atoms with E-state index in [0.717, 1.165) is 12.8 Å². The van der Waals surface area contributed by atoms with Crippen LogP contribution in [0.5, 0.6) is 11.5 Å². The molecule has 120 valence electrons. The first kappa shape index (κ1) is 16.1. The van der Waals surface area contributed by atoms with Gasteiger partial charge in [0.05, 0.1) is 14.2 Å². The molecule has 1 aromatic carbocycles. The Morgan fingerprint density at radius 1 is 1.14 bits per heavy atom. The summed E-state index contributed by atoms with van der Waals surface area (Å²) in [5, 5.41) is 4.98. The first-order chi connectivity index (χ1) is 10.6. The quantitative estimate of drug-likeness (QED) is 0.877. The van der Waals surface area contributed by atoms with E-state index in [9.17, 15) is 9.59 Å². The first-order valence-electron chi connectivity index (χ1n) is 7.45. The van der Waals surface area contributed by atoms with Gasteiger partial charge in [0, 0.05) is 18.2 Å². The Morgan fingerprint density at radius 2 is 1.82 bits per heavy atom. The summed E-state index contributed by atoms with van der Waals surface area (Å²) in [5.74, 6) is 1.27. The lowest BCUT2D eigenvalue weighted by Gasteiger charge is -2.12. The molecule has 1 aliphatic rings. The normalized spacial score (nSPS) is 14.5. The van der Waals surface area contributed by atoms with Crippen LogP contribution in [0.4, 0.5) is 10.5 Å². The number of rotatable bonds is 5. The van der Waals surface area contributed by atoms with E-state index in [4.69, 9.17) is 9.47 Å². The molecule has 0 aromatic heterocycles. The minimum Gasteiger partial charge on any atom is -0.493 e. The van der Waals surface area contributed by atoms with Gasteiger partial charge in [0.25, 0.3) is 0 Å². The lowest BCUT2D eigenvalue weighted by Crippen LogP contribution is -2.35. The van der Waals surface area contributed by atoms with Crippen LogP contribution in [0.1, 0.15) is 32.1 Å². The van der Waals surface area contributed by atoms with Gasteiger partial charge in [-0.2, -0.15) is 0 Å². The van der Waals surface area contributed by atoms with E-state index in [1.165, 1.54) is 20.0 Å². The number of ether oxygens (including phenoxy) is 2. The van der Waals surface area contributed by atoms with E-state index in [2.05, 4.69) is 10.6 Å². The molecule has 3 amide bonds.